The topological polar surface area (TPSA) is 29.5 Å². The lowest BCUT2D eigenvalue weighted by atomic mass is 10.1. The molecule has 22 heavy (non-hydrogen) atoms. The molecular formula is C17H17NO2S2. The van der Waals surface area contributed by atoms with Gasteiger partial charge in [-0.3, -0.25) is 9.69 Å². The molecule has 114 valence electrons. The highest BCUT2D eigenvalue weighted by Gasteiger charge is 2.32. The van der Waals surface area contributed by atoms with E-state index in [1.54, 1.807) is 4.90 Å². The van der Waals surface area contributed by atoms with E-state index in [1.165, 1.54) is 11.8 Å². The normalized spacial score (nSPS) is 19.5. The molecule has 3 rings (SSSR count). The van der Waals surface area contributed by atoms with Crippen molar-refractivity contribution in [2.75, 3.05) is 13.2 Å². The minimum atomic E-state index is 0.00320. The Morgan fingerprint density at radius 1 is 1.41 bits per heavy atom. The molecule has 1 aromatic carbocycles. The summed E-state index contributed by atoms with van der Waals surface area (Å²) in [7, 11) is 0. The van der Waals surface area contributed by atoms with Crippen molar-refractivity contribution >= 4 is 40.3 Å². The van der Waals surface area contributed by atoms with Gasteiger partial charge in [0.1, 0.15) is 16.7 Å². The van der Waals surface area contributed by atoms with E-state index in [9.17, 15) is 4.79 Å². The van der Waals surface area contributed by atoms with Gasteiger partial charge in [0.15, 0.2) is 0 Å². The van der Waals surface area contributed by atoms with E-state index < -0.39 is 0 Å². The van der Waals surface area contributed by atoms with E-state index >= 15 is 0 Å². The first-order valence-electron chi connectivity index (χ1n) is 7.22. The molecule has 0 atom stereocenters. The molecule has 2 heterocycles. The summed E-state index contributed by atoms with van der Waals surface area (Å²) < 4.78 is 6.36. The predicted octanol–water partition coefficient (Wildman–Crippen LogP) is 3.86. The average Bonchev–Trinajstić information content (AvgIpc) is 2.74. The van der Waals surface area contributed by atoms with Crippen LogP contribution in [-0.2, 0) is 4.79 Å². The lowest BCUT2D eigenvalue weighted by Crippen LogP contribution is -2.31. The molecule has 0 saturated carbocycles. The zero-order valence-corrected chi connectivity index (χ0v) is 14.2. The van der Waals surface area contributed by atoms with Crippen LogP contribution in [0.3, 0.4) is 0 Å². The molecule has 0 aliphatic carbocycles. The molecule has 2 aliphatic rings. The molecule has 3 nitrogen and oxygen atoms in total. The number of hydrogen-bond acceptors (Lipinski definition) is 4. The Labute approximate surface area is 140 Å². The fraction of sp³-hybridized carbons (Fsp3) is 0.294. The van der Waals surface area contributed by atoms with Gasteiger partial charge in [-0.05, 0) is 29.7 Å². The fourth-order valence-electron chi connectivity index (χ4n) is 2.41. The molecule has 0 N–H and O–H groups in total. The summed E-state index contributed by atoms with van der Waals surface area (Å²) in [4.78, 5) is 14.8. The van der Waals surface area contributed by atoms with Crippen LogP contribution in [0.2, 0.25) is 0 Å². The fourth-order valence-corrected chi connectivity index (χ4v) is 3.70. The second-order valence-electron chi connectivity index (χ2n) is 5.73. The summed E-state index contributed by atoms with van der Waals surface area (Å²) in [5.41, 5.74) is 2.03. The lowest BCUT2D eigenvalue weighted by Gasteiger charge is -2.17. The number of amides is 1. The first kappa shape index (κ1) is 15.3. The molecular weight excluding hydrogens is 314 g/mol. The molecule has 0 bridgehead atoms. The highest BCUT2D eigenvalue weighted by molar-refractivity contribution is 8.26. The number of rotatable bonds is 3. The Hall–Kier alpha value is -1.59. The molecule has 1 saturated heterocycles. The van der Waals surface area contributed by atoms with Gasteiger partial charge in [0, 0.05) is 12.1 Å². The van der Waals surface area contributed by atoms with Crippen LogP contribution in [0.15, 0.2) is 40.8 Å². The number of para-hydroxylation sites is 1. The zero-order chi connectivity index (χ0) is 15.7. The van der Waals surface area contributed by atoms with E-state index in [0.717, 1.165) is 16.9 Å². The van der Waals surface area contributed by atoms with Crippen molar-refractivity contribution in [1.29, 1.82) is 0 Å². The highest BCUT2D eigenvalue weighted by Crippen LogP contribution is 2.34. The monoisotopic (exact) mass is 331 g/mol. The summed E-state index contributed by atoms with van der Waals surface area (Å²) in [6, 6.07) is 7.88. The van der Waals surface area contributed by atoms with Crippen molar-refractivity contribution in [2.45, 2.75) is 13.8 Å². The number of ether oxygens (including phenoxy) is 1. The van der Waals surface area contributed by atoms with Crippen molar-refractivity contribution in [3.8, 4) is 5.75 Å². The number of fused-ring (bicyclic) bond motifs is 1. The number of thiocarbonyl (C=S) groups is 1. The standard InChI is InChI=1S/C17H17NO2S2/c1-11(2)9-18-16(19)15(22-17(18)21)8-12-7-13-5-3-4-6-14(13)20-10-12/h3-8,11H,9-10H2,1-2H3/b15-8-. The Balaban J connectivity index is 1.83. The van der Waals surface area contributed by atoms with Gasteiger partial charge in [0.2, 0.25) is 0 Å². The van der Waals surface area contributed by atoms with Crippen molar-refractivity contribution in [3.63, 3.8) is 0 Å². The molecule has 0 unspecified atom stereocenters. The second-order valence-corrected chi connectivity index (χ2v) is 7.41. The number of nitrogens with zero attached hydrogens (tertiary/aromatic N) is 1. The smallest absolute Gasteiger partial charge is 0.266 e. The average molecular weight is 331 g/mol. The minimum absolute atomic E-state index is 0.00320. The van der Waals surface area contributed by atoms with Crippen LogP contribution in [0.4, 0.5) is 0 Å². The summed E-state index contributed by atoms with van der Waals surface area (Å²) in [5, 5.41) is 0. The number of benzene rings is 1. The van der Waals surface area contributed by atoms with Gasteiger partial charge in [0.25, 0.3) is 5.91 Å². The van der Waals surface area contributed by atoms with Crippen molar-refractivity contribution in [1.82, 2.24) is 4.90 Å². The van der Waals surface area contributed by atoms with Crippen LogP contribution in [0.1, 0.15) is 19.4 Å². The van der Waals surface area contributed by atoms with Crippen LogP contribution in [0.5, 0.6) is 5.75 Å². The molecule has 1 fully saturated rings. The molecule has 5 heteroatoms. The minimum Gasteiger partial charge on any atom is -0.488 e. The Morgan fingerprint density at radius 3 is 2.95 bits per heavy atom. The third kappa shape index (κ3) is 3.10. The molecule has 0 aromatic heterocycles. The van der Waals surface area contributed by atoms with E-state index in [-0.39, 0.29) is 5.91 Å². The Morgan fingerprint density at radius 2 is 2.18 bits per heavy atom. The Kier molecular flexibility index (Phi) is 4.36. The molecule has 0 spiro atoms. The van der Waals surface area contributed by atoms with Gasteiger partial charge in [0.05, 0.1) is 4.91 Å². The number of carbonyl (C=O) groups excluding carboxylic acids is 1. The maximum atomic E-state index is 12.5. The second kappa shape index (κ2) is 6.26. The van der Waals surface area contributed by atoms with Gasteiger partial charge >= 0.3 is 0 Å². The maximum Gasteiger partial charge on any atom is 0.266 e. The van der Waals surface area contributed by atoms with Crippen molar-refractivity contribution < 1.29 is 9.53 Å². The van der Waals surface area contributed by atoms with Crippen LogP contribution >= 0.6 is 24.0 Å². The Bertz CT molecular complexity index is 692. The first-order valence-corrected chi connectivity index (χ1v) is 8.45. The van der Waals surface area contributed by atoms with Crippen LogP contribution in [0, 0.1) is 5.92 Å². The maximum absolute atomic E-state index is 12.5. The quantitative estimate of drug-likeness (QED) is 0.621. The van der Waals surface area contributed by atoms with E-state index in [1.807, 2.05) is 30.3 Å². The summed E-state index contributed by atoms with van der Waals surface area (Å²) in [6.45, 7) is 5.30. The number of hydrogen-bond donors (Lipinski definition) is 0. The number of thioether (sulfide) groups is 1. The highest BCUT2D eigenvalue weighted by atomic mass is 32.2. The van der Waals surface area contributed by atoms with E-state index in [4.69, 9.17) is 17.0 Å². The molecule has 2 aliphatic heterocycles. The largest absolute Gasteiger partial charge is 0.488 e. The van der Waals surface area contributed by atoms with Gasteiger partial charge in [-0.25, -0.2) is 0 Å². The summed E-state index contributed by atoms with van der Waals surface area (Å²) in [6.07, 6.45) is 3.96. The molecule has 1 aromatic rings. The van der Waals surface area contributed by atoms with E-state index in [0.29, 0.717) is 28.3 Å². The van der Waals surface area contributed by atoms with Gasteiger partial charge < -0.3 is 4.74 Å². The summed E-state index contributed by atoms with van der Waals surface area (Å²) in [5.74, 6) is 1.28. The van der Waals surface area contributed by atoms with Gasteiger partial charge in [-0.2, -0.15) is 0 Å². The number of carbonyl (C=O) groups is 1. The van der Waals surface area contributed by atoms with Gasteiger partial charge in [-0.15, -0.1) is 0 Å². The first-order chi connectivity index (χ1) is 10.5. The third-order valence-corrected chi connectivity index (χ3v) is 4.77. The predicted molar refractivity (Wildman–Crippen MR) is 94.7 cm³/mol. The van der Waals surface area contributed by atoms with Crippen LogP contribution in [-0.4, -0.2) is 28.3 Å². The summed E-state index contributed by atoms with van der Waals surface area (Å²) >= 11 is 6.69. The molecule has 1 amide bonds. The van der Waals surface area contributed by atoms with E-state index in [2.05, 4.69) is 19.9 Å². The van der Waals surface area contributed by atoms with Gasteiger partial charge in [-0.1, -0.05) is 56.0 Å². The SMILES string of the molecule is CC(C)CN1C(=O)/C(=C/C2=Cc3ccccc3OC2)SC1=S. The van der Waals surface area contributed by atoms with Crippen molar-refractivity contribution in [3.05, 3.63) is 46.4 Å². The third-order valence-electron chi connectivity index (χ3n) is 3.39. The lowest BCUT2D eigenvalue weighted by molar-refractivity contribution is -0.122. The van der Waals surface area contributed by atoms with Crippen molar-refractivity contribution in [2.24, 2.45) is 5.92 Å². The zero-order valence-electron chi connectivity index (χ0n) is 12.5. The molecule has 0 radical (unpaired) electrons. The van der Waals surface area contributed by atoms with Crippen LogP contribution < -0.4 is 4.74 Å². The van der Waals surface area contributed by atoms with Crippen LogP contribution in [0.25, 0.3) is 6.08 Å².